The van der Waals surface area contributed by atoms with Gasteiger partial charge in [0.1, 0.15) is 0 Å². The van der Waals surface area contributed by atoms with Crippen LogP contribution in [-0.4, -0.2) is 36.1 Å². The Hall–Kier alpha value is -1.82. The van der Waals surface area contributed by atoms with Crippen molar-refractivity contribution < 1.29 is 19.1 Å². The standard InChI is InChI=1S/C12H18N2O4/c1-9(5-7-15)14-11(16)4-6-13-12(17)10-3-2-8-18-10/h2-3,8-9,15H,4-7H2,1H3,(H,13,17)(H,14,16). The Kier molecular flexibility index (Phi) is 5.93. The van der Waals surface area contributed by atoms with Crippen molar-refractivity contribution >= 4 is 11.8 Å². The molecular weight excluding hydrogens is 236 g/mol. The van der Waals surface area contributed by atoms with Crippen molar-refractivity contribution in [1.29, 1.82) is 0 Å². The fourth-order valence-electron chi connectivity index (χ4n) is 1.40. The molecule has 0 fully saturated rings. The summed E-state index contributed by atoms with van der Waals surface area (Å²) in [7, 11) is 0. The number of aliphatic hydroxyl groups is 1. The van der Waals surface area contributed by atoms with Gasteiger partial charge in [-0.1, -0.05) is 0 Å². The summed E-state index contributed by atoms with van der Waals surface area (Å²) in [6.45, 7) is 2.10. The quantitative estimate of drug-likeness (QED) is 0.652. The van der Waals surface area contributed by atoms with Crippen LogP contribution in [0.3, 0.4) is 0 Å². The summed E-state index contributed by atoms with van der Waals surface area (Å²) in [5, 5.41) is 14.0. The lowest BCUT2D eigenvalue weighted by Gasteiger charge is -2.12. The Morgan fingerprint density at radius 2 is 2.28 bits per heavy atom. The van der Waals surface area contributed by atoms with Crippen LogP contribution in [0.1, 0.15) is 30.3 Å². The Morgan fingerprint density at radius 1 is 1.50 bits per heavy atom. The third kappa shape index (κ3) is 5.01. The molecule has 0 aromatic carbocycles. The molecule has 0 aliphatic heterocycles. The van der Waals surface area contributed by atoms with E-state index in [2.05, 4.69) is 10.6 Å². The highest BCUT2D eigenvalue weighted by Gasteiger charge is 2.10. The third-order valence-corrected chi connectivity index (χ3v) is 2.35. The van der Waals surface area contributed by atoms with E-state index in [0.717, 1.165) is 0 Å². The lowest BCUT2D eigenvalue weighted by Crippen LogP contribution is -2.35. The molecule has 1 atom stereocenters. The van der Waals surface area contributed by atoms with Crippen LogP contribution in [0.2, 0.25) is 0 Å². The van der Waals surface area contributed by atoms with E-state index in [-0.39, 0.29) is 43.2 Å². The van der Waals surface area contributed by atoms with E-state index in [0.29, 0.717) is 6.42 Å². The van der Waals surface area contributed by atoms with Crippen LogP contribution >= 0.6 is 0 Å². The molecule has 1 unspecified atom stereocenters. The molecule has 1 aromatic heterocycles. The Balaban J connectivity index is 2.17. The molecule has 1 heterocycles. The summed E-state index contributed by atoms with van der Waals surface area (Å²) in [4.78, 5) is 22.9. The van der Waals surface area contributed by atoms with Crippen molar-refractivity contribution in [3.63, 3.8) is 0 Å². The second-order valence-corrected chi connectivity index (χ2v) is 3.96. The molecule has 100 valence electrons. The van der Waals surface area contributed by atoms with Gasteiger partial charge in [0.15, 0.2) is 5.76 Å². The minimum absolute atomic E-state index is 0.0384. The number of rotatable bonds is 7. The SMILES string of the molecule is CC(CCO)NC(=O)CCNC(=O)c1ccco1. The van der Waals surface area contributed by atoms with Gasteiger partial charge in [0.25, 0.3) is 5.91 Å². The van der Waals surface area contributed by atoms with Gasteiger partial charge in [-0.2, -0.15) is 0 Å². The number of furan rings is 1. The number of amides is 2. The van der Waals surface area contributed by atoms with Crippen LogP contribution in [0.4, 0.5) is 0 Å². The Bertz CT molecular complexity index is 375. The number of carbonyl (C=O) groups is 2. The maximum Gasteiger partial charge on any atom is 0.286 e. The third-order valence-electron chi connectivity index (χ3n) is 2.35. The zero-order valence-corrected chi connectivity index (χ0v) is 10.3. The fraction of sp³-hybridized carbons (Fsp3) is 0.500. The Labute approximate surface area is 105 Å². The molecule has 0 saturated heterocycles. The summed E-state index contributed by atoms with van der Waals surface area (Å²) < 4.78 is 4.91. The number of aliphatic hydroxyl groups excluding tert-OH is 1. The lowest BCUT2D eigenvalue weighted by atomic mass is 10.2. The van der Waals surface area contributed by atoms with Crippen molar-refractivity contribution in [2.24, 2.45) is 0 Å². The molecule has 0 bridgehead atoms. The number of hydrogen-bond acceptors (Lipinski definition) is 4. The molecule has 1 aromatic rings. The Morgan fingerprint density at radius 3 is 2.89 bits per heavy atom. The highest BCUT2D eigenvalue weighted by molar-refractivity contribution is 5.91. The average Bonchev–Trinajstić information content (AvgIpc) is 2.82. The van der Waals surface area contributed by atoms with Gasteiger partial charge in [-0.3, -0.25) is 9.59 Å². The van der Waals surface area contributed by atoms with Crippen molar-refractivity contribution in [2.75, 3.05) is 13.2 Å². The maximum absolute atomic E-state index is 11.4. The monoisotopic (exact) mass is 254 g/mol. The molecule has 2 amide bonds. The molecule has 0 radical (unpaired) electrons. The van der Waals surface area contributed by atoms with Crippen LogP contribution in [0, 0.1) is 0 Å². The molecule has 18 heavy (non-hydrogen) atoms. The molecule has 6 heteroatoms. The number of nitrogens with one attached hydrogen (secondary N) is 2. The molecule has 1 rings (SSSR count). The first-order valence-electron chi connectivity index (χ1n) is 5.85. The normalized spacial score (nSPS) is 11.9. The highest BCUT2D eigenvalue weighted by Crippen LogP contribution is 1.98. The fourth-order valence-corrected chi connectivity index (χ4v) is 1.40. The van der Waals surface area contributed by atoms with Gasteiger partial charge < -0.3 is 20.2 Å². The van der Waals surface area contributed by atoms with E-state index in [1.54, 1.807) is 12.1 Å². The summed E-state index contributed by atoms with van der Waals surface area (Å²) in [5.41, 5.74) is 0. The van der Waals surface area contributed by atoms with E-state index in [9.17, 15) is 9.59 Å². The zero-order valence-electron chi connectivity index (χ0n) is 10.3. The molecule has 0 aliphatic carbocycles. The van der Waals surface area contributed by atoms with E-state index < -0.39 is 0 Å². The van der Waals surface area contributed by atoms with Gasteiger partial charge in [0.05, 0.1) is 6.26 Å². The summed E-state index contributed by atoms with van der Waals surface area (Å²) >= 11 is 0. The van der Waals surface area contributed by atoms with E-state index in [1.807, 2.05) is 6.92 Å². The van der Waals surface area contributed by atoms with Crippen LogP contribution in [0.5, 0.6) is 0 Å². The average molecular weight is 254 g/mol. The molecule has 6 nitrogen and oxygen atoms in total. The maximum atomic E-state index is 11.4. The van der Waals surface area contributed by atoms with Gasteiger partial charge in [0, 0.05) is 25.6 Å². The predicted octanol–water partition coefficient (Wildman–Crippen LogP) is 0.287. The van der Waals surface area contributed by atoms with E-state index >= 15 is 0 Å². The van der Waals surface area contributed by atoms with Crippen molar-refractivity contribution in [3.8, 4) is 0 Å². The van der Waals surface area contributed by atoms with Gasteiger partial charge in [-0.25, -0.2) is 0 Å². The number of carbonyl (C=O) groups excluding carboxylic acids is 2. The summed E-state index contributed by atoms with van der Waals surface area (Å²) in [6, 6.07) is 3.11. The van der Waals surface area contributed by atoms with Gasteiger partial charge in [0.2, 0.25) is 5.91 Å². The van der Waals surface area contributed by atoms with Crippen molar-refractivity contribution in [1.82, 2.24) is 10.6 Å². The molecule has 0 aliphatic rings. The van der Waals surface area contributed by atoms with Crippen LogP contribution in [-0.2, 0) is 4.79 Å². The first-order chi connectivity index (χ1) is 8.63. The minimum Gasteiger partial charge on any atom is -0.459 e. The lowest BCUT2D eigenvalue weighted by molar-refractivity contribution is -0.121. The smallest absolute Gasteiger partial charge is 0.286 e. The summed E-state index contributed by atoms with van der Waals surface area (Å²) in [6.07, 6.45) is 2.13. The zero-order chi connectivity index (χ0) is 13.4. The van der Waals surface area contributed by atoms with Crippen LogP contribution in [0.15, 0.2) is 22.8 Å². The van der Waals surface area contributed by atoms with Crippen LogP contribution in [0.25, 0.3) is 0 Å². The van der Waals surface area contributed by atoms with Crippen molar-refractivity contribution in [3.05, 3.63) is 24.2 Å². The second kappa shape index (κ2) is 7.50. The van der Waals surface area contributed by atoms with Gasteiger partial charge >= 0.3 is 0 Å². The van der Waals surface area contributed by atoms with Crippen molar-refractivity contribution in [2.45, 2.75) is 25.8 Å². The van der Waals surface area contributed by atoms with Crippen LogP contribution < -0.4 is 10.6 Å². The largest absolute Gasteiger partial charge is 0.459 e. The second-order valence-electron chi connectivity index (χ2n) is 3.96. The first-order valence-corrected chi connectivity index (χ1v) is 5.85. The number of hydrogen-bond donors (Lipinski definition) is 3. The molecular formula is C12H18N2O4. The van der Waals surface area contributed by atoms with Gasteiger partial charge in [-0.15, -0.1) is 0 Å². The highest BCUT2D eigenvalue weighted by atomic mass is 16.3. The molecule has 0 saturated carbocycles. The van der Waals surface area contributed by atoms with E-state index in [1.165, 1.54) is 6.26 Å². The van der Waals surface area contributed by atoms with E-state index in [4.69, 9.17) is 9.52 Å². The summed E-state index contributed by atoms with van der Waals surface area (Å²) in [5.74, 6) is -0.268. The predicted molar refractivity (Wildman–Crippen MR) is 65.0 cm³/mol. The minimum atomic E-state index is -0.337. The topological polar surface area (TPSA) is 91.6 Å². The molecule has 0 spiro atoms. The molecule has 3 N–H and O–H groups in total. The van der Waals surface area contributed by atoms with Gasteiger partial charge in [-0.05, 0) is 25.5 Å². The first kappa shape index (κ1) is 14.2.